The Bertz CT molecular complexity index is 1030. The van der Waals surface area contributed by atoms with E-state index in [4.69, 9.17) is 9.57 Å². The molecule has 4 N–H and O–H groups in total. The van der Waals surface area contributed by atoms with Gasteiger partial charge in [-0.3, -0.25) is 14.7 Å². The molecule has 9 heteroatoms. The van der Waals surface area contributed by atoms with Crippen LogP contribution in [0.25, 0.3) is 10.9 Å². The van der Waals surface area contributed by atoms with E-state index in [1.807, 2.05) is 13.8 Å². The predicted molar refractivity (Wildman–Crippen MR) is 122 cm³/mol. The molecular formula is C23H31FN4O4. The van der Waals surface area contributed by atoms with Crippen LogP contribution in [0.15, 0.2) is 36.5 Å². The maximum Gasteiger partial charge on any atom is 0.276 e. The van der Waals surface area contributed by atoms with Crippen molar-refractivity contribution in [1.82, 2.24) is 15.7 Å². The number of rotatable bonds is 9. The first-order valence-electron chi connectivity index (χ1n) is 10.5. The van der Waals surface area contributed by atoms with Crippen LogP contribution in [0.2, 0.25) is 0 Å². The van der Waals surface area contributed by atoms with E-state index in [1.54, 1.807) is 37.4 Å². The van der Waals surface area contributed by atoms with E-state index in [0.717, 1.165) is 5.56 Å². The van der Waals surface area contributed by atoms with Crippen molar-refractivity contribution in [2.24, 2.45) is 0 Å². The molecule has 0 aliphatic rings. The van der Waals surface area contributed by atoms with E-state index in [2.05, 4.69) is 21.0 Å². The summed E-state index contributed by atoms with van der Waals surface area (Å²) < 4.78 is 19.5. The molecule has 2 aromatic carbocycles. The van der Waals surface area contributed by atoms with Crippen LogP contribution in [0.3, 0.4) is 0 Å². The second kappa shape index (κ2) is 11.6. The molecule has 1 amide bonds. The number of hydrogen-bond acceptors (Lipinski definition) is 6. The number of ether oxygens (including phenoxy) is 1. The highest BCUT2D eigenvalue weighted by molar-refractivity contribution is 6.08. The third kappa shape index (κ3) is 7.01. The Balaban J connectivity index is 0.00000176. The van der Waals surface area contributed by atoms with Crippen LogP contribution in [0.5, 0.6) is 0 Å². The molecule has 0 fully saturated rings. The average Bonchev–Trinajstić information content (AvgIpc) is 3.22. The number of anilines is 2. The first kappa shape index (κ1) is 25.3. The number of halogens is 1. The molecule has 1 heterocycles. The fourth-order valence-corrected chi connectivity index (χ4v) is 2.82. The second-order valence-electron chi connectivity index (χ2n) is 7.36. The molecule has 0 saturated carbocycles. The normalized spacial score (nSPS) is 11.1. The molecule has 0 aliphatic carbocycles. The first-order valence-corrected chi connectivity index (χ1v) is 10.5. The van der Waals surface area contributed by atoms with Gasteiger partial charge in [-0.15, -0.1) is 0 Å². The molecule has 0 atom stereocenters. The molecule has 1 aromatic heterocycles. The number of amides is 1. The SMILES string of the molecule is CC.Cc1ccc(Nc2c(C(=O)NOCCCOC(C)(C)O)ccc3[nH]ncc23)c(F)c1. The first-order chi connectivity index (χ1) is 15.2. The fourth-order valence-electron chi connectivity index (χ4n) is 2.82. The summed E-state index contributed by atoms with van der Waals surface area (Å²) in [7, 11) is 0. The summed E-state index contributed by atoms with van der Waals surface area (Å²) in [6.45, 7) is 9.34. The quantitative estimate of drug-likeness (QED) is 0.218. The van der Waals surface area contributed by atoms with Gasteiger partial charge in [-0.1, -0.05) is 19.9 Å². The third-order valence-corrected chi connectivity index (χ3v) is 4.26. The van der Waals surface area contributed by atoms with Crippen LogP contribution < -0.4 is 10.8 Å². The van der Waals surface area contributed by atoms with Gasteiger partial charge >= 0.3 is 0 Å². The zero-order valence-corrected chi connectivity index (χ0v) is 19.1. The molecule has 3 aromatic rings. The lowest BCUT2D eigenvalue weighted by molar-refractivity contribution is -0.178. The van der Waals surface area contributed by atoms with E-state index in [-0.39, 0.29) is 24.5 Å². The van der Waals surface area contributed by atoms with Gasteiger partial charge < -0.3 is 15.2 Å². The van der Waals surface area contributed by atoms with Crippen molar-refractivity contribution in [3.63, 3.8) is 0 Å². The lowest BCUT2D eigenvalue weighted by Gasteiger charge is -2.18. The highest BCUT2D eigenvalue weighted by atomic mass is 19.1. The number of fused-ring (bicyclic) bond motifs is 1. The Kier molecular flexibility index (Phi) is 9.13. The minimum Gasteiger partial charge on any atom is -0.366 e. The monoisotopic (exact) mass is 446 g/mol. The molecule has 0 unspecified atom stereocenters. The van der Waals surface area contributed by atoms with Gasteiger partial charge in [-0.05, 0) is 57.0 Å². The molecule has 0 bridgehead atoms. The third-order valence-electron chi connectivity index (χ3n) is 4.26. The number of aryl methyl sites for hydroxylation is 1. The molecule has 0 radical (unpaired) electrons. The highest BCUT2D eigenvalue weighted by Gasteiger charge is 2.17. The summed E-state index contributed by atoms with van der Waals surface area (Å²) in [5, 5.41) is 20.0. The fraction of sp³-hybridized carbons (Fsp3) is 0.391. The zero-order valence-electron chi connectivity index (χ0n) is 19.1. The van der Waals surface area contributed by atoms with Crippen molar-refractivity contribution in [2.75, 3.05) is 18.5 Å². The molecule has 174 valence electrons. The molecule has 3 rings (SSSR count). The van der Waals surface area contributed by atoms with E-state index < -0.39 is 17.5 Å². The number of hydroxylamine groups is 1. The topological polar surface area (TPSA) is 109 Å². The number of H-pyrrole nitrogens is 1. The number of aromatic nitrogens is 2. The van der Waals surface area contributed by atoms with Gasteiger partial charge in [-0.2, -0.15) is 5.10 Å². The summed E-state index contributed by atoms with van der Waals surface area (Å²) in [4.78, 5) is 17.9. The molecule has 8 nitrogen and oxygen atoms in total. The summed E-state index contributed by atoms with van der Waals surface area (Å²) >= 11 is 0. The van der Waals surface area contributed by atoms with Crippen molar-refractivity contribution in [2.45, 2.75) is 46.8 Å². The number of nitrogens with zero attached hydrogens (tertiary/aromatic N) is 1. The standard InChI is InChI=1S/C21H25FN4O4.C2H6/c1-13-5-7-18(16(22)11-13)24-19-14(6-8-17-15(19)12-23-25-17)20(27)26-30-10-4-9-29-21(2,3)28;1-2/h5-8,11-12,24,28H,4,9-10H2,1-3H3,(H,23,25)(H,26,27);1-2H3. The number of carbonyl (C=O) groups is 1. The summed E-state index contributed by atoms with van der Waals surface area (Å²) in [6.07, 6.45) is 2.04. The Labute approximate surface area is 187 Å². The minimum absolute atomic E-state index is 0.200. The Morgan fingerprint density at radius 1 is 1.22 bits per heavy atom. The van der Waals surface area contributed by atoms with Gasteiger partial charge in [0.25, 0.3) is 5.91 Å². The lowest BCUT2D eigenvalue weighted by Crippen LogP contribution is -2.27. The number of benzene rings is 2. The van der Waals surface area contributed by atoms with Crippen LogP contribution in [0.1, 0.15) is 50.0 Å². The number of aliphatic hydroxyl groups is 1. The summed E-state index contributed by atoms with van der Waals surface area (Å²) in [6, 6.07) is 8.12. The van der Waals surface area contributed by atoms with Gasteiger partial charge in [0, 0.05) is 5.39 Å². The van der Waals surface area contributed by atoms with Crippen molar-refractivity contribution in [3.05, 3.63) is 53.5 Å². The van der Waals surface area contributed by atoms with Crippen molar-refractivity contribution in [3.8, 4) is 0 Å². The molecule has 32 heavy (non-hydrogen) atoms. The van der Waals surface area contributed by atoms with Crippen LogP contribution >= 0.6 is 0 Å². The van der Waals surface area contributed by atoms with Gasteiger partial charge in [0.2, 0.25) is 0 Å². The lowest BCUT2D eigenvalue weighted by atomic mass is 10.1. The van der Waals surface area contributed by atoms with Crippen LogP contribution in [-0.2, 0) is 9.57 Å². The second-order valence-corrected chi connectivity index (χ2v) is 7.36. The van der Waals surface area contributed by atoms with Crippen LogP contribution in [0.4, 0.5) is 15.8 Å². The number of aromatic amines is 1. The van der Waals surface area contributed by atoms with E-state index >= 15 is 0 Å². The van der Waals surface area contributed by atoms with Crippen molar-refractivity contribution in [1.29, 1.82) is 0 Å². The van der Waals surface area contributed by atoms with E-state index in [0.29, 0.717) is 23.0 Å². The number of carbonyl (C=O) groups excluding carboxylic acids is 1. The van der Waals surface area contributed by atoms with E-state index in [1.165, 1.54) is 19.9 Å². The van der Waals surface area contributed by atoms with Gasteiger partial charge in [0.05, 0.1) is 41.9 Å². The minimum atomic E-state index is -1.21. The number of nitrogens with one attached hydrogen (secondary N) is 3. The van der Waals surface area contributed by atoms with Crippen molar-refractivity contribution < 1.29 is 23.9 Å². The smallest absolute Gasteiger partial charge is 0.276 e. The van der Waals surface area contributed by atoms with Gasteiger partial charge in [0.15, 0.2) is 5.79 Å². The largest absolute Gasteiger partial charge is 0.366 e. The summed E-state index contributed by atoms with van der Waals surface area (Å²) in [5.74, 6) is -2.13. The van der Waals surface area contributed by atoms with Crippen molar-refractivity contribution >= 4 is 28.2 Å². The van der Waals surface area contributed by atoms with Crippen LogP contribution in [0, 0.1) is 12.7 Å². The highest BCUT2D eigenvalue weighted by Crippen LogP contribution is 2.30. The Hall–Kier alpha value is -3.01. The molecule has 0 saturated heterocycles. The zero-order chi connectivity index (χ0) is 23.7. The summed E-state index contributed by atoms with van der Waals surface area (Å²) in [5.41, 5.74) is 4.80. The van der Waals surface area contributed by atoms with Gasteiger partial charge in [0.1, 0.15) is 5.82 Å². The maximum atomic E-state index is 14.4. The maximum absolute atomic E-state index is 14.4. The molecular weight excluding hydrogens is 415 g/mol. The van der Waals surface area contributed by atoms with Crippen LogP contribution in [-0.4, -0.2) is 40.2 Å². The Morgan fingerprint density at radius 3 is 2.66 bits per heavy atom. The number of hydrogen-bond donors (Lipinski definition) is 4. The Morgan fingerprint density at radius 2 is 1.97 bits per heavy atom. The van der Waals surface area contributed by atoms with Gasteiger partial charge in [-0.25, -0.2) is 9.87 Å². The predicted octanol–water partition coefficient (Wildman–Crippen LogP) is 4.58. The molecule has 0 aliphatic heterocycles. The average molecular weight is 447 g/mol. The van der Waals surface area contributed by atoms with E-state index in [9.17, 15) is 14.3 Å². The molecule has 0 spiro atoms.